The SMILES string of the molecule is Cl.Cn1ccnc1C1CNCCN1Cc1cc(C(F)(F)F)ccc1Cl. The largest absolute Gasteiger partial charge is 0.416 e. The van der Waals surface area contributed by atoms with Crippen LogP contribution >= 0.6 is 24.0 Å². The van der Waals surface area contributed by atoms with E-state index < -0.39 is 11.7 Å². The lowest BCUT2D eigenvalue weighted by atomic mass is 10.1. The number of hydrogen-bond acceptors (Lipinski definition) is 3. The maximum atomic E-state index is 13.0. The molecule has 2 heterocycles. The minimum atomic E-state index is -4.37. The fourth-order valence-electron chi connectivity index (χ4n) is 2.98. The zero-order valence-electron chi connectivity index (χ0n) is 13.6. The van der Waals surface area contributed by atoms with Crippen LogP contribution in [0.25, 0.3) is 0 Å². The van der Waals surface area contributed by atoms with Gasteiger partial charge in [0, 0.05) is 50.6 Å². The molecule has 0 amide bonds. The Morgan fingerprint density at radius 3 is 2.76 bits per heavy atom. The van der Waals surface area contributed by atoms with Crippen molar-refractivity contribution in [1.29, 1.82) is 0 Å². The summed E-state index contributed by atoms with van der Waals surface area (Å²) in [4.78, 5) is 6.49. The van der Waals surface area contributed by atoms with Crippen molar-refractivity contribution in [3.8, 4) is 0 Å². The van der Waals surface area contributed by atoms with Crippen LogP contribution in [-0.4, -0.2) is 34.1 Å². The van der Waals surface area contributed by atoms with Gasteiger partial charge in [-0.15, -0.1) is 12.4 Å². The van der Waals surface area contributed by atoms with Crippen LogP contribution in [0.3, 0.4) is 0 Å². The second kappa shape index (κ2) is 7.95. The molecule has 1 aromatic carbocycles. The summed E-state index contributed by atoms with van der Waals surface area (Å²) in [6.45, 7) is 2.53. The number of nitrogens with one attached hydrogen (secondary N) is 1. The van der Waals surface area contributed by atoms with Crippen LogP contribution < -0.4 is 5.32 Å². The number of imidazole rings is 1. The summed E-state index contributed by atoms with van der Waals surface area (Å²) in [5, 5.41) is 3.66. The van der Waals surface area contributed by atoms with E-state index in [1.54, 1.807) is 6.20 Å². The van der Waals surface area contributed by atoms with E-state index in [-0.39, 0.29) is 18.4 Å². The topological polar surface area (TPSA) is 33.1 Å². The van der Waals surface area contributed by atoms with Gasteiger partial charge in [-0.05, 0) is 23.8 Å². The molecular formula is C16H19Cl2F3N4. The van der Waals surface area contributed by atoms with Crippen LogP contribution in [0, 0.1) is 0 Å². The predicted octanol–water partition coefficient (Wildman–Crippen LogP) is 3.66. The van der Waals surface area contributed by atoms with Gasteiger partial charge in [0.05, 0.1) is 11.6 Å². The van der Waals surface area contributed by atoms with E-state index in [4.69, 9.17) is 11.6 Å². The Bertz CT molecular complexity index is 718. The highest BCUT2D eigenvalue weighted by molar-refractivity contribution is 6.31. The highest BCUT2D eigenvalue weighted by atomic mass is 35.5. The van der Waals surface area contributed by atoms with Crippen molar-refractivity contribution in [2.45, 2.75) is 18.8 Å². The lowest BCUT2D eigenvalue weighted by molar-refractivity contribution is -0.137. The van der Waals surface area contributed by atoms with Crippen molar-refractivity contribution >= 4 is 24.0 Å². The van der Waals surface area contributed by atoms with E-state index >= 15 is 0 Å². The molecule has 1 fully saturated rings. The van der Waals surface area contributed by atoms with Crippen molar-refractivity contribution < 1.29 is 13.2 Å². The average Bonchev–Trinajstić information content (AvgIpc) is 2.95. The molecule has 0 saturated carbocycles. The summed E-state index contributed by atoms with van der Waals surface area (Å²) in [6.07, 6.45) is -0.791. The number of aromatic nitrogens is 2. The number of nitrogens with zero attached hydrogens (tertiary/aromatic N) is 3. The second-order valence-corrected chi connectivity index (χ2v) is 6.30. The van der Waals surface area contributed by atoms with E-state index in [0.717, 1.165) is 24.5 Å². The summed E-state index contributed by atoms with van der Waals surface area (Å²) in [7, 11) is 1.91. The van der Waals surface area contributed by atoms with E-state index in [9.17, 15) is 13.2 Å². The summed E-state index contributed by atoms with van der Waals surface area (Å²) < 4.78 is 40.8. The van der Waals surface area contributed by atoms with Gasteiger partial charge in [0.2, 0.25) is 0 Å². The first-order valence-corrected chi connectivity index (χ1v) is 8.01. The van der Waals surface area contributed by atoms with Crippen LogP contribution in [0.15, 0.2) is 30.6 Å². The second-order valence-electron chi connectivity index (χ2n) is 5.89. The summed E-state index contributed by atoms with van der Waals surface area (Å²) in [5.74, 6) is 0.880. The Kier molecular flexibility index (Phi) is 6.37. The molecule has 1 unspecified atom stereocenters. The third-order valence-corrected chi connectivity index (χ3v) is 4.63. The molecule has 25 heavy (non-hydrogen) atoms. The van der Waals surface area contributed by atoms with Gasteiger partial charge in [-0.1, -0.05) is 11.6 Å². The molecule has 138 valence electrons. The molecule has 1 aromatic heterocycles. The van der Waals surface area contributed by atoms with E-state index in [2.05, 4.69) is 15.2 Å². The molecule has 1 saturated heterocycles. The molecule has 1 aliphatic rings. The Morgan fingerprint density at radius 2 is 2.12 bits per heavy atom. The fourth-order valence-corrected chi connectivity index (χ4v) is 3.16. The zero-order valence-corrected chi connectivity index (χ0v) is 15.1. The van der Waals surface area contributed by atoms with Crippen molar-refractivity contribution in [1.82, 2.24) is 19.8 Å². The lowest BCUT2D eigenvalue weighted by Crippen LogP contribution is -2.46. The lowest BCUT2D eigenvalue weighted by Gasteiger charge is -2.36. The van der Waals surface area contributed by atoms with Crippen LogP contribution in [0.2, 0.25) is 5.02 Å². The monoisotopic (exact) mass is 394 g/mol. The summed E-state index contributed by atoms with van der Waals surface area (Å²) >= 11 is 6.14. The minimum absolute atomic E-state index is 0. The first-order chi connectivity index (χ1) is 11.4. The number of rotatable bonds is 3. The minimum Gasteiger partial charge on any atom is -0.337 e. The molecule has 0 bridgehead atoms. The highest BCUT2D eigenvalue weighted by Crippen LogP contribution is 2.33. The Morgan fingerprint density at radius 1 is 1.36 bits per heavy atom. The van der Waals surface area contributed by atoms with E-state index in [0.29, 0.717) is 30.2 Å². The molecule has 9 heteroatoms. The molecule has 0 radical (unpaired) electrons. The number of alkyl halides is 3. The van der Waals surface area contributed by atoms with Crippen molar-refractivity contribution in [3.05, 3.63) is 52.6 Å². The Balaban J connectivity index is 0.00000225. The number of benzene rings is 1. The molecule has 0 spiro atoms. The third-order valence-electron chi connectivity index (χ3n) is 4.26. The number of hydrogen-bond donors (Lipinski definition) is 1. The van der Waals surface area contributed by atoms with Crippen molar-refractivity contribution in [2.75, 3.05) is 19.6 Å². The molecule has 3 rings (SSSR count). The molecule has 1 atom stereocenters. The van der Waals surface area contributed by atoms with Crippen molar-refractivity contribution in [3.63, 3.8) is 0 Å². The van der Waals surface area contributed by atoms with E-state index in [1.165, 1.54) is 6.07 Å². The normalized spacial score (nSPS) is 18.8. The highest BCUT2D eigenvalue weighted by Gasteiger charge is 2.32. The molecule has 0 aliphatic carbocycles. The van der Waals surface area contributed by atoms with Crippen LogP contribution in [0.5, 0.6) is 0 Å². The quantitative estimate of drug-likeness (QED) is 0.861. The number of halogens is 5. The van der Waals surface area contributed by atoms with Gasteiger partial charge in [-0.3, -0.25) is 4.90 Å². The van der Waals surface area contributed by atoms with Crippen LogP contribution in [0.4, 0.5) is 13.2 Å². The van der Waals surface area contributed by atoms with Gasteiger partial charge < -0.3 is 9.88 Å². The third kappa shape index (κ3) is 4.47. The van der Waals surface area contributed by atoms with Gasteiger partial charge in [-0.2, -0.15) is 13.2 Å². The van der Waals surface area contributed by atoms with Gasteiger partial charge in [0.1, 0.15) is 5.82 Å². The zero-order chi connectivity index (χ0) is 17.3. The van der Waals surface area contributed by atoms with Gasteiger partial charge >= 0.3 is 6.18 Å². The van der Waals surface area contributed by atoms with E-state index in [1.807, 2.05) is 17.8 Å². The predicted molar refractivity (Wildman–Crippen MR) is 92.9 cm³/mol. The number of piperazine rings is 1. The standard InChI is InChI=1S/C16H18ClF3N4.ClH/c1-23-6-5-22-15(23)14-9-21-4-7-24(14)10-11-8-12(16(18,19)20)2-3-13(11)17;/h2-3,5-6,8,14,21H,4,7,9-10H2,1H3;1H. The van der Waals surface area contributed by atoms with Gasteiger partial charge in [0.25, 0.3) is 0 Å². The number of aryl methyl sites for hydroxylation is 1. The Labute approximate surface area is 155 Å². The smallest absolute Gasteiger partial charge is 0.337 e. The van der Waals surface area contributed by atoms with Crippen molar-refractivity contribution in [2.24, 2.45) is 7.05 Å². The maximum absolute atomic E-state index is 13.0. The first kappa shape index (κ1) is 20.0. The van der Waals surface area contributed by atoms with Crippen LogP contribution in [-0.2, 0) is 19.8 Å². The van der Waals surface area contributed by atoms with Gasteiger partial charge in [-0.25, -0.2) is 4.98 Å². The molecule has 1 N–H and O–H groups in total. The average molecular weight is 395 g/mol. The summed E-state index contributed by atoms with van der Waals surface area (Å²) in [6, 6.07) is 3.46. The van der Waals surface area contributed by atoms with Crippen LogP contribution in [0.1, 0.15) is 23.0 Å². The molecular weight excluding hydrogens is 376 g/mol. The summed E-state index contributed by atoms with van der Waals surface area (Å²) in [5.41, 5.74) is -0.196. The van der Waals surface area contributed by atoms with Gasteiger partial charge in [0.15, 0.2) is 0 Å². The Hall–Kier alpha value is -1.28. The fraction of sp³-hybridized carbons (Fsp3) is 0.438. The maximum Gasteiger partial charge on any atom is 0.416 e. The molecule has 4 nitrogen and oxygen atoms in total. The molecule has 2 aromatic rings. The molecule has 1 aliphatic heterocycles. The first-order valence-electron chi connectivity index (χ1n) is 7.64.